The average Bonchev–Trinajstić information content (AvgIpc) is 2.82. The molecule has 5 nitrogen and oxygen atoms in total. The van der Waals surface area contributed by atoms with Gasteiger partial charge in [-0.15, -0.1) is 0 Å². The summed E-state index contributed by atoms with van der Waals surface area (Å²) in [7, 11) is 3.65. The number of nitrogens with one attached hydrogen (secondary N) is 1. The lowest BCUT2D eigenvalue weighted by molar-refractivity contribution is 0.0657. The molecule has 5 heteroatoms. The number of hydrogen-bond acceptors (Lipinski definition) is 4. The van der Waals surface area contributed by atoms with Gasteiger partial charge >= 0.3 is 0 Å². The summed E-state index contributed by atoms with van der Waals surface area (Å²) in [5.41, 5.74) is 1.21. The van der Waals surface area contributed by atoms with Crippen molar-refractivity contribution in [1.29, 1.82) is 0 Å². The van der Waals surface area contributed by atoms with Gasteiger partial charge in [0.05, 0.1) is 24.9 Å². The fourth-order valence-electron chi connectivity index (χ4n) is 1.79. The van der Waals surface area contributed by atoms with Crippen molar-refractivity contribution in [3.05, 3.63) is 18.0 Å². The van der Waals surface area contributed by atoms with Crippen LogP contribution < -0.4 is 5.32 Å². The molecule has 0 aliphatic heterocycles. The number of aromatic nitrogens is 2. The Bertz CT molecular complexity index is 302. The number of nitrogens with zero attached hydrogens (tertiary/aromatic N) is 2. The molecule has 98 valence electrons. The number of ether oxygens (including phenoxy) is 2. The van der Waals surface area contributed by atoms with Crippen LogP contribution in [0.1, 0.15) is 25.1 Å². The van der Waals surface area contributed by atoms with E-state index in [1.165, 1.54) is 5.69 Å². The van der Waals surface area contributed by atoms with E-state index in [0.717, 1.165) is 19.6 Å². The fraction of sp³-hybridized carbons (Fsp3) is 0.750. The van der Waals surface area contributed by atoms with Gasteiger partial charge in [-0.2, -0.15) is 5.10 Å². The Morgan fingerprint density at radius 3 is 2.88 bits per heavy atom. The van der Waals surface area contributed by atoms with Crippen LogP contribution in [0.3, 0.4) is 0 Å². The molecule has 1 aromatic heterocycles. The molecule has 0 fully saturated rings. The molecule has 0 saturated carbocycles. The largest absolute Gasteiger partial charge is 0.382 e. The minimum absolute atomic E-state index is 0.292. The zero-order valence-corrected chi connectivity index (χ0v) is 11.0. The van der Waals surface area contributed by atoms with Crippen LogP contribution in [0.5, 0.6) is 0 Å². The van der Waals surface area contributed by atoms with E-state index in [2.05, 4.69) is 23.4 Å². The van der Waals surface area contributed by atoms with Gasteiger partial charge < -0.3 is 14.8 Å². The molecule has 0 spiro atoms. The quantitative estimate of drug-likeness (QED) is 0.660. The molecule has 1 N–H and O–H groups in total. The predicted octanol–water partition coefficient (Wildman–Crippen LogP) is 1.22. The van der Waals surface area contributed by atoms with E-state index in [1.54, 1.807) is 7.11 Å². The Kier molecular flexibility index (Phi) is 6.84. The van der Waals surface area contributed by atoms with Crippen molar-refractivity contribution >= 4 is 0 Å². The molecule has 1 rings (SSSR count). The molecule has 0 aliphatic rings. The molecular weight excluding hydrogens is 218 g/mol. The van der Waals surface area contributed by atoms with Gasteiger partial charge in [0, 0.05) is 26.5 Å². The van der Waals surface area contributed by atoms with Crippen molar-refractivity contribution in [2.24, 2.45) is 0 Å². The van der Waals surface area contributed by atoms with E-state index in [0.29, 0.717) is 19.3 Å². The SMILES string of the molecule is CCn1nccc1C(CCOCCOC)NC. The highest BCUT2D eigenvalue weighted by Gasteiger charge is 2.13. The monoisotopic (exact) mass is 241 g/mol. The first-order chi connectivity index (χ1) is 8.33. The molecule has 0 amide bonds. The van der Waals surface area contributed by atoms with Gasteiger partial charge in [-0.3, -0.25) is 4.68 Å². The molecule has 0 aliphatic carbocycles. The van der Waals surface area contributed by atoms with Crippen molar-refractivity contribution in [3.8, 4) is 0 Å². The van der Waals surface area contributed by atoms with E-state index in [1.807, 2.05) is 17.9 Å². The molecule has 0 saturated heterocycles. The highest BCUT2D eigenvalue weighted by Crippen LogP contribution is 2.15. The molecule has 0 radical (unpaired) electrons. The molecule has 1 atom stereocenters. The maximum Gasteiger partial charge on any atom is 0.0700 e. The summed E-state index contributed by atoms with van der Waals surface area (Å²) in [6, 6.07) is 2.35. The van der Waals surface area contributed by atoms with Crippen LogP contribution in [0, 0.1) is 0 Å². The molecule has 1 heterocycles. The topological polar surface area (TPSA) is 48.3 Å². The van der Waals surface area contributed by atoms with Crippen molar-refractivity contribution in [2.75, 3.05) is 34.0 Å². The molecule has 0 aromatic carbocycles. The van der Waals surface area contributed by atoms with Crippen LogP contribution >= 0.6 is 0 Å². The van der Waals surface area contributed by atoms with Gasteiger partial charge in [0.1, 0.15) is 0 Å². The second-order valence-electron chi connectivity index (χ2n) is 3.81. The zero-order chi connectivity index (χ0) is 12.5. The lowest BCUT2D eigenvalue weighted by atomic mass is 10.1. The maximum absolute atomic E-state index is 5.48. The van der Waals surface area contributed by atoms with Crippen LogP contribution in [0.15, 0.2) is 12.3 Å². The number of hydrogen-bond donors (Lipinski definition) is 1. The highest BCUT2D eigenvalue weighted by molar-refractivity contribution is 5.06. The Morgan fingerprint density at radius 1 is 1.41 bits per heavy atom. The maximum atomic E-state index is 5.48. The Labute approximate surface area is 103 Å². The van der Waals surface area contributed by atoms with E-state index in [-0.39, 0.29) is 0 Å². The highest BCUT2D eigenvalue weighted by atomic mass is 16.5. The van der Waals surface area contributed by atoms with Gasteiger partial charge in [0.2, 0.25) is 0 Å². The number of rotatable bonds is 9. The summed E-state index contributed by atoms with van der Waals surface area (Å²) in [6.07, 6.45) is 2.78. The summed E-state index contributed by atoms with van der Waals surface area (Å²) >= 11 is 0. The first kappa shape index (κ1) is 14.2. The lowest BCUT2D eigenvalue weighted by Crippen LogP contribution is -2.22. The van der Waals surface area contributed by atoms with Crippen LogP contribution in [0.2, 0.25) is 0 Å². The van der Waals surface area contributed by atoms with Crippen molar-refractivity contribution in [1.82, 2.24) is 15.1 Å². The number of methoxy groups -OCH3 is 1. The van der Waals surface area contributed by atoms with Gasteiger partial charge in [-0.25, -0.2) is 0 Å². The molecule has 1 unspecified atom stereocenters. The summed E-state index contributed by atoms with van der Waals surface area (Å²) in [6.45, 7) is 5.02. The summed E-state index contributed by atoms with van der Waals surface area (Å²) in [5.74, 6) is 0. The van der Waals surface area contributed by atoms with E-state index in [9.17, 15) is 0 Å². The third-order valence-electron chi connectivity index (χ3n) is 2.74. The normalized spacial score (nSPS) is 12.9. The van der Waals surface area contributed by atoms with Gasteiger partial charge in [0.25, 0.3) is 0 Å². The number of aryl methyl sites for hydroxylation is 1. The third kappa shape index (κ3) is 4.46. The Hall–Kier alpha value is -0.910. The van der Waals surface area contributed by atoms with E-state index < -0.39 is 0 Å². The first-order valence-corrected chi connectivity index (χ1v) is 6.09. The second-order valence-corrected chi connectivity index (χ2v) is 3.81. The zero-order valence-electron chi connectivity index (χ0n) is 11.0. The fourth-order valence-corrected chi connectivity index (χ4v) is 1.79. The molecule has 1 aromatic rings. The summed E-state index contributed by atoms with van der Waals surface area (Å²) < 4.78 is 12.4. The first-order valence-electron chi connectivity index (χ1n) is 6.09. The minimum Gasteiger partial charge on any atom is -0.382 e. The molecule has 17 heavy (non-hydrogen) atoms. The van der Waals surface area contributed by atoms with Crippen LogP contribution in [-0.2, 0) is 16.0 Å². The van der Waals surface area contributed by atoms with Crippen LogP contribution in [-0.4, -0.2) is 43.8 Å². The van der Waals surface area contributed by atoms with Crippen LogP contribution in [0.25, 0.3) is 0 Å². The molecular formula is C12H23N3O2. The van der Waals surface area contributed by atoms with E-state index in [4.69, 9.17) is 9.47 Å². The van der Waals surface area contributed by atoms with Crippen LogP contribution in [0.4, 0.5) is 0 Å². The van der Waals surface area contributed by atoms with Gasteiger partial charge in [-0.05, 0) is 26.5 Å². The standard InChI is InChI=1S/C12H23N3O2/c1-4-15-12(5-7-14-15)11(13-2)6-8-17-10-9-16-3/h5,7,11,13H,4,6,8-10H2,1-3H3. The van der Waals surface area contributed by atoms with Crippen molar-refractivity contribution in [2.45, 2.75) is 25.9 Å². The smallest absolute Gasteiger partial charge is 0.0700 e. The Morgan fingerprint density at radius 2 is 2.24 bits per heavy atom. The van der Waals surface area contributed by atoms with Crippen molar-refractivity contribution in [3.63, 3.8) is 0 Å². The lowest BCUT2D eigenvalue weighted by Gasteiger charge is -2.17. The minimum atomic E-state index is 0.292. The summed E-state index contributed by atoms with van der Waals surface area (Å²) in [5, 5.41) is 7.58. The third-order valence-corrected chi connectivity index (χ3v) is 2.74. The molecule has 0 bridgehead atoms. The second kappa shape index (κ2) is 8.22. The summed E-state index contributed by atoms with van der Waals surface area (Å²) in [4.78, 5) is 0. The van der Waals surface area contributed by atoms with Crippen molar-refractivity contribution < 1.29 is 9.47 Å². The average molecular weight is 241 g/mol. The Balaban J connectivity index is 2.38. The predicted molar refractivity (Wildman–Crippen MR) is 67.0 cm³/mol. The van der Waals surface area contributed by atoms with Gasteiger partial charge in [-0.1, -0.05) is 0 Å². The van der Waals surface area contributed by atoms with E-state index >= 15 is 0 Å². The van der Waals surface area contributed by atoms with Gasteiger partial charge in [0.15, 0.2) is 0 Å².